The van der Waals surface area contributed by atoms with Crippen LogP contribution in [0.2, 0.25) is 0 Å². The quantitative estimate of drug-likeness (QED) is 0.213. The third-order valence-corrected chi connectivity index (χ3v) is 5.96. The second kappa shape index (κ2) is 13.1. The SMILES string of the molecule is COc1cc(C(=O)NCC(=O)N/N=C\c2c(OCc3ccc(F)cc3)ccc3ccccc23)cc(OC)c1OC. The lowest BCUT2D eigenvalue weighted by atomic mass is 10.0. The van der Waals surface area contributed by atoms with Gasteiger partial charge in [0.2, 0.25) is 5.75 Å². The molecule has 0 heterocycles. The minimum Gasteiger partial charge on any atom is -0.493 e. The zero-order valence-electron chi connectivity index (χ0n) is 22.2. The van der Waals surface area contributed by atoms with Crippen LogP contribution in [0.25, 0.3) is 10.8 Å². The van der Waals surface area contributed by atoms with Crippen LogP contribution in [0.5, 0.6) is 23.0 Å². The lowest BCUT2D eigenvalue weighted by Crippen LogP contribution is -2.35. The second-order valence-corrected chi connectivity index (χ2v) is 8.50. The van der Waals surface area contributed by atoms with Crippen molar-refractivity contribution < 1.29 is 32.9 Å². The molecule has 9 nitrogen and oxygen atoms in total. The molecule has 2 N–H and O–H groups in total. The number of carbonyl (C=O) groups is 2. The number of benzene rings is 4. The van der Waals surface area contributed by atoms with Gasteiger partial charge in [-0.2, -0.15) is 5.10 Å². The fourth-order valence-corrected chi connectivity index (χ4v) is 3.96. The molecule has 0 aromatic heterocycles. The molecule has 10 heteroatoms. The molecule has 0 atom stereocenters. The van der Waals surface area contributed by atoms with Crippen LogP contribution >= 0.6 is 0 Å². The van der Waals surface area contributed by atoms with Gasteiger partial charge in [-0.3, -0.25) is 9.59 Å². The molecule has 0 radical (unpaired) electrons. The maximum atomic E-state index is 13.2. The minimum atomic E-state index is -0.536. The highest BCUT2D eigenvalue weighted by Gasteiger charge is 2.17. The van der Waals surface area contributed by atoms with E-state index in [1.54, 1.807) is 12.1 Å². The van der Waals surface area contributed by atoms with Crippen molar-refractivity contribution in [1.29, 1.82) is 0 Å². The maximum absolute atomic E-state index is 13.2. The molecule has 0 fully saturated rings. The van der Waals surface area contributed by atoms with E-state index < -0.39 is 11.8 Å². The number of halogens is 1. The van der Waals surface area contributed by atoms with Crippen LogP contribution in [-0.4, -0.2) is 45.9 Å². The Bertz CT molecular complexity index is 1510. The standard InChI is InChI=1S/C30H28FN3O6/c1-37-26-14-21(15-27(38-2)29(26)39-3)30(36)32-17-28(35)34-33-16-24-23-7-5-4-6-20(23)10-13-25(24)40-18-19-8-11-22(31)12-9-19/h4-16H,17-18H2,1-3H3,(H,32,36)(H,34,35)/b33-16-. The Kier molecular flexibility index (Phi) is 9.14. The van der Waals surface area contributed by atoms with Gasteiger partial charge in [-0.1, -0.05) is 42.5 Å². The average Bonchev–Trinajstić information content (AvgIpc) is 2.99. The second-order valence-electron chi connectivity index (χ2n) is 8.50. The summed E-state index contributed by atoms with van der Waals surface area (Å²) >= 11 is 0. The number of hydrogen-bond donors (Lipinski definition) is 2. The normalized spacial score (nSPS) is 10.8. The Morgan fingerprint density at radius 1 is 0.875 bits per heavy atom. The Morgan fingerprint density at radius 3 is 2.25 bits per heavy atom. The van der Waals surface area contributed by atoms with Crippen LogP contribution in [-0.2, 0) is 11.4 Å². The molecule has 0 spiro atoms. The molecule has 0 aliphatic rings. The number of hydrazone groups is 1. The third kappa shape index (κ3) is 6.65. The summed E-state index contributed by atoms with van der Waals surface area (Å²) in [7, 11) is 4.35. The molecule has 0 saturated carbocycles. The van der Waals surface area contributed by atoms with Gasteiger partial charge in [0, 0.05) is 11.1 Å². The fourth-order valence-electron chi connectivity index (χ4n) is 3.96. The molecular formula is C30H28FN3O6. The van der Waals surface area contributed by atoms with Crippen LogP contribution in [0.1, 0.15) is 21.5 Å². The largest absolute Gasteiger partial charge is 0.493 e. The lowest BCUT2D eigenvalue weighted by molar-refractivity contribution is -0.120. The Morgan fingerprint density at radius 2 is 1.57 bits per heavy atom. The smallest absolute Gasteiger partial charge is 0.259 e. The molecule has 2 amide bonds. The molecule has 206 valence electrons. The van der Waals surface area contributed by atoms with Gasteiger partial charge in [0.1, 0.15) is 18.2 Å². The van der Waals surface area contributed by atoms with Crippen LogP contribution < -0.4 is 29.7 Å². The highest BCUT2D eigenvalue weighted by Crippen LogP contribution is 2.38. The predicted octanol–water partition coefficient (Wildman–Crippen LogP) is 4.46. The molecule has 0 aliphatic carbocycles. The highest BCUT2D eigenvalue weighted by atomic mass is 19.1. The maximum Gasteiger partial charge on any atom is 0.259 e. The number of fused-ring (bicyclic) bond motifs is 1. The van der Waals surface area contributed by atoms with Crippen molar-refractivity contribution in [3.63, 3.8) is 0 Å². The van der Waals surface area contributed by atoms with Crippen molar-refractivity contribution in [3.8, 4) is 23.0 Å². The minimum absolute atomic E-state index is 0.221. The number of nitrogens with one attached hydrogen (secondary N) is 2. The zero-order valence-corrected chi connectivity index (χ0v) is 22.2. The van der Waals surface area contributed by atoms with Gasteiger partial charge < -0.3 is 24.3 Å². The molecular weight excluding hydrogens is 517 g/mol. The number of ether oxygens (including phenoxy) is 4. The Hall–Kier alpha value is -5.12. The van der Waals surface area contributed by atoms with Crippen molar-refractivity contribution in [1.82, 2.24) is 10.7 Å². The van der Waals surface area contributed by atoms with Gasteiger partial charge in [-0.05, 0) is 46.7 Å². The van der Waals surface area contributed by atoms with Crippen LogP contribution in [0.15, 0.2) is 77.9 Å². The van der Waals surface area contributed by atoms with Gasteiger partial charge in [0.25, 0.3) is 11.8 Å². The molecule has 0 unspecified atom stereocenters. The van der Waals surface area contributed by atoms with E-state index in [1.165, 1.54) is 51.8 Å². The van der Waals surface area contributed by atoms with E-state index in [2.05, 4.69) is 15.8 Å². The summed E-state index contributed by atoms with van der Waals surface area (Å²) in [5.74, 6) is 0.148. The van der Waals surface area contributed by atoms with E-state index >= 15 is 0 Å². The molecule has 0 aliphatic heterocycles. The predicted molar refractivity (Wildman–Crippen MR) is 149 cm³/mol. The first-order chi connectivity index (χ1) is 19.4. The van der Waals surface area contributed by atoms with Crippen LogP contribution in [0, 0.1) is 5.82 Å². The first kappa shape index (κ1) is 27.9. The summed E-state index contributed by atoms with van der Waals surface area (Å²) in [5, 5.41) is 8.46. The molecule has 4 aromatic carbocycles. The number of amides is 2. The number of carbonyl (C=O) groups excluding carboxylic acids is 2. The van der Waals surface area contributed by atoms with Gasteiger partial charge in [0.05, 0.1) is 34.1 Å². The lowest BCUT2D eigenvalue weighted by Gasteiger charge is -2.14. The summed E-state index contributed by atoms with van der Waals surface area (Å²) < 4.78 is 35.0. The van der Waals surface area contributed by atoms with Crippen molar-refractivity contribution in [2.75, 3.05) is 27.9 Å². The number of methoxy groups -OCH3 is 3. The van der Waals surface area contributed by atoms with Gasteiger partial charge in [0.15, 0.2) is 11.5 Å². The van der Waals surface area contributed by atoms with Gasteiger partial charge in [-0.25, -0.2) is 9.82 Å². The topological polar surface area (TPSA) is 107 Å². The summed E-state index contributed by atoms with van der Waals surface area (Å²) in [6.45, 7) is -0.102. The Labute approximate surface area is 230 Å². The van der Waals surface area contributed by atoms with Gasteiger partial charge in [-0.15, -0.1) is 0 Å². The van der Waals surface area contributed by atoms with E-state index in [1.807, 2.05) is 36.4 Å². The van der Waals surface area contributed by atoms with Crippen molar-refractivity contribution in [3.05, 3.63) is 95.3 Å². The van der Waals surface area contributed by atoms with Crippen molar-refractivity contribution in [2.24, 2.45) is 5.10 Å². The van der Waals surface area contributed by atoms with E-state index in [-0.39, 0.29) is 24.5 Å². The first-order valence-corrected chi connectivity index (χ1v) is 12.2. The van der Waals surface area contributed by atoms with Crippen molar-refractivity contribution >= 4 is 28.8 Å². The summed E-state index contributed by atoms with van der Waals surface area (Å²) in [4.78, 5) is 25.1. The Balaban J connectivity index is 1.43. The molecule has 0 saturated heterocycles. The highest BCUT2D eigenvalue weighted by molar-refractivity contribution is 6.03. The van der Waals surface area contributed by atoms with E-state index in [9.17, 15) is 14.0 Å². The number of rotatable bonds is 11. The summed E-state index contributed by atoms with van der Waals surface area (Å²) in [6.07, 6.45) is 1.49. The zero-order chi connectivity index (χ0) is 28.5. The molecule has 4 aromatic rings. The van der Waals surface area contributed by atoms with Crippen molar-refractivity contribution in [2.45, 2.75) is 6.61 Å². The number of hydrogen-bond acceptors (Lipinski definition) is 7. The first-order valence-electron chi connectivity index (χ1n) is 12.2. The third-order valence-electron chi connectivity index (χ3n) is 5.96. The van der Waals surface area contributed by atoms with E-state index in [0.29, 0.717) is 28.6 Å². The summed E-state index contributed by atoms with van der Waals surface area (Å²) in [5.41, 5.74) is 4.10. The molecule has 40 heavy (non-hydrogen) atoms. The van der Waals surface area contributed by atoms with Gasteiger partial charge >= 0.3 is 0 Å². The van der Waals surface area contributed by atoms with Crippen LogP contribution in [0.3, 0.4) is 0 Å². The van der Waals surface area contributed by atoms with E-state index in [4.69, 9.17) is 18.9 Å². The number of nitrogens with zero attached hydrogens (tertiary/aromatic N) is 1. The van der Waals surface area contributed by atoms with Crippen LogP contribution in [0.4, 0.5) is 4.39 Å². The molecule has 0 bridgehead atoms. The average molecular weight is 546 g/mol. The summed E-state index contributed by atoms with van der Waals surface area (Å²) in [6, 6.07) is 20.4. The molecule has 4 rings (SSSR count). The fraction of sp³-hybridized carbons (Fsp3) is 0.167. The monoisotopic (exact) mass is 545 g/mol. The van der Waals surface area contributed by atoms with E-state index in [0.717, 1.165) is 16.3 Å².